The van der Waals surface area contributed by atoms with Gasteiger partial charge in [0.1, 0.15) is 0 Å². The van der Waals surface area contributed by atoms with Crippen LogP contribution in [0.5, 0.6) is 0 Å². The standard InChI is InChI=1S/C6H10O4.C4H11N/c7-5(8)3-1-2-4-6(9)10;1-3-5-4-2/h1-4H2,(H,7,8)(H,9,10);5H,3-4H2,1-2H3. The molecule has 0 spiro atoms. The molecule has 0 fully saturated rings. The van der Waals surface area contributed by atoms with Gasteiger partial charge in [0.2, 0.25) is 0 Å². The Morgan fingerprint density at radius 2 is 1.27 bits per heavy atom. The quantitative estimate of drug-likeness (QED) is 0.562. The fraction of sp³-hybridized carbons (Fsp3) is 0.800. The minimum Gasteiger partial charge on any atom is -0.481 e. The maximum Gasteiger partial charge on any atom is 0.303 e. The lowest BCUT2D eigenvalue weighted by Crippen LogP contribution is -2.09. The number of aliphatic carboxylic acids is 2. The van der Waals surface area contributed by atoms with Crippen LogP contribution in [0.4, 0.5) is 0 Å². The largest absolute Gasteiger partial charge is 0.481 e. The van der Waals surface area contributed by atoms with Gasteiger partial charge in [0.05, 0.1) is 0 Å². The van der Waals surface area contributed by atoms with Crippen molar-refractivity contribution in [3.8, 4) is 0 Å². The minimum absolute atomic E-state index is 0.0628. The van der Waals surface area contributed by atoms with Crippen LogP contribution in [0, 0.1) is 0 Å². The monoisotopic (exact) mass is 219 g/mol. The second-order valence-electron chi connectivity index (χ2n) is 2.95. The molecule has 0 heterocycles. The molecule has 0 atom stereocenters. The number of carboxylic acid groups (broad SMARTS) is 2. The summed E-state index contributed by atoms with van der Waals surface area (Å²) in [6, 6.07) is 0. The van der Waals surface area contributed by atoms with Crippen molar-refractivity contribution in [3.63, 3.8) is 0 Å². The molecule has 0 aromatic carbocycles. The molecule has 15 heavy (non-hydrogen) atoms. The van der Waals surface area contributed by atoms with E-state index in [0.29, 0.717) is 12.8 Å². The third kappa shape index (κ3) is 24.6. The lowest BCUT2D eigenvalue weighted by molar-refractivity contribution is -0.139. The van der Waals surface area contributed by atoms with E-state index in [-0.39, 0.29) is 12.8 Å². The molecule has 0 unspecified atom stereocenters. The first-order valence-electron chi connectivity index (χ1n) is 5.18. The lowest BCUT2D eigenvalue weighted by Gasteiger charge is -1.92. The molecule has 0 aliphatic rings. The van der Waals surface area contributed by atoms with Crippen LogP contribution in [-0.2, 0) is 9.59 Å². The summed E-state index contributed by atoms with van der Waals surface area (Å²) >= 11 is 0. The van der Waals surface area contributed by atoms with Crippen LogP contribution in [0.15, 0.2) is 0 Å². The average molecular weight is 219 g/mol. The van der Waals surface area contributed by atoms with E-state index in [1.807, 2.05) is 0 Å². The van der Waals surface area contributed by atoms with Crippen molar-refractivity contribution in [2.45, 2.75) is 39.5 Å². The predicted octanol–water partition coefficient (Wildman–Crippen LogP) is 1.33. The predicted molar refractivity (Wildman–Crippen MR) is 58.0 cm³/mol. The molecule has 90 valence electrons. The van der Waals surface area contributed by atoms with Crippen LogP contribution in [0.25, 0.3) is 0 Å². The van der Waals surface area contributed by atoms with Crippen LogP contribution >= 0.6 is 0 Å². The number of nitrogens with one attached hydrogen (secondary N) is 1. The average Bonchev–Trinajstić information content (AvgIpc) is 2.14. The van der Waals surface area contributed by atoms with E-state index in [4.69, 9.17) is 10.2 Å². The van der Waals surface area contributed by atoms with Gasteiger partial charge in [-0.2, -0.15) is 0 Å². The van der Waals surface area contributed by atoms with Crippen LogP contribution in [-0.4, -0.2) is 35.2 Å². The Bertz CT molecular complexity index is 153. The molecular formula is C10H21NO4. The zero-order valence-electron chi connectivity index (χ0n) is 9.45. The highest BCUT2D eigenvalue weighted by Crippen LogP contribution is 1.98. The van der Waals surface area contributed by atoms with Crippen molar-refractivity contribution in [2.24, 2.45) is 0 Å². The summed E-state index contributed by atoms with van der Waals surface area (Å²) in [4.78, 5) is 19.8. The van der Waals surface area contributed by atoms with Gasteiger partial charge in [-0.25, -0.2) is 0 Å². The van der Waals surface area contributed by atoms with Crippen molar-refractivity contribution in [2.75, 3.05) is 13.1 Å². The molecule has 0 saturated heterocycles. The van der Waals surface area contributed by atoms with Gasteiger partial charge in [0.15, 0.2) is 0 Å². The molecule has 5 nitrogen and oxygen atoms in total. The Balaban J connectivity index is 0. The van der Waals surface area contributed by atoms with Crippen molar-refractivity contribution < 1.29 is 19.8 Å². The van der Waals surface area contributed by atoms with Crippen molar-refractivity contribution in [3.05, 3.63) is 0 Å². The molecule has 0 aromatic rings. The fourth-order valence-corrected chi connectivity index (χ4v) is 0.802. The van der Waals surface area contributed by atoms with Gasteiger partial charge in [-0.3, -0.25) is 9.59 Å². The van der Waals surface area contributed by atoms with Gasteiger partial charge in [0, 0.05) is 12.8 Å². The number of hydrogen-bond acceptors (Lipinski definition) is 3. The van der Waals surface area contributed by atoms with Crippen LogP contribution < -0.4 is 5.32 Å². The Morgan fingerprint density at radius 1 is 0.933 bits per heavy atom. The Kier molecular flexibility index (Phi) is 14.0. The highest BCUT2D eigenvalue weighted by atomic mass is 16.4. The molecule has 5 heteroatoms. The molecule has 0 amide bonds. The molecule has 3 N–H and O–H groups in total. The molecule has 0 radical (unpaired) electrons. The second-order valence-corrected chi connectivity index (χ2v) is 2.95. The summed E-state index contributed by atoms with van der Waals surface area (Å²) in [5.74, 6) is -1.74. The van der Waals surface area contributed by atoms with Crippen LogP contribution in [0.3, 0.4) is 0 Å². The number of hydrogen-bond donors (Lipinski definition) is 3. The molecule has 0 aromatic heterocycles. The van der Waals surface area contributed by atoms with Gasteiger partial charge >= 0.3 is 11.9 Å². The first-order chi connectivity index (χ1) is 7.04. The summed E-state index contributed by atoms with van der Waals surface area (Å²) in [5.41, 5.74) is 0. The third-order valence-corrected chi connectivity index (χ3v) is 1.53. The molecule has 0 aliphatic carbocycles. The van der Waals surface area contributed by atoms with Gasteiger partial charge in [0.25, 0.3) is 0 Å². The van der Waals surface area contributed by atoms with E-state index in [1.165, 1.54) is 0 Å². The number of carbonyl (C=O) groups is 2. The molecular weight excluding hydrogens is 198 g/mol. The molecule has 0 bridgehead atoms. The Morgan fingerprint density at radius 3 is 1.40 bits per heavy atom. The van der Waals surface area contributed by atoms with Crippen molar-refractivity contribution in [1.82, 2.24) is 5.32 Å². The zero-order chi connectivity index (χ0) is 12.1. The maximum absolute atomic E-state index is 9.90. The smallest absolute Gasteiger partial charge is 0.303 e. The second kappa shape index (κ2) is 12.9. The number of rotatable bonds is 7. The molecule has 0 aliphatic heterocycles. The van der Waals surface area contributed by atoms with E-state index < -0.39 is 11.9 Å². The van der Waals surface area contributed by atoms with Gasteiger partial charge < -0.3 is 15.5 Å². The van der Waals surface area contributed by atoms with E-state index in [1.54, 1.807) is 0 Å². The summed E-state index contributed by atoms with van der Waals surface area (Å²) in [6.45, 7) is 6.39. The SMILES string of the molecule is CCNCC.O=C(O)CCCCC(=O)O. The lowest BCUT2D eigenvalue weighted by atomic mass is 10.2. The van der Waals surface area contributed by atoms with E-state index in [2.05, 4.69) is 19.2 Å². The van der Waals surface area contributed by atoms with Crippen molar-refractivity contribution >= 4 is 11.9 Å². The first-order valence-corrected chi connectivity index (χ1v) is 5.18. The minimum atomic E-state index is -0.870. The molecule has 0 rings (SSSR count). The maximum atomic E-state index is 9.90. The van der Waals surface area contributed by atoms with Crippen molar-refractivity contribution in [1.29, 1.82) is 0 Å². The highest BCUT2D eigenvalue weighted by Gasteiger charge is 1.99. The number of carboxylic acids is 2. The van der Waals surface area contributed by atoms with Gasteiger partial charge in [-0.1, -0.05) is 13.8 Å². The summed E-state index contributed by atoms with van der Waals surface area (Å²) < 4.78 is 0. The normalized spacial score (nSPS) is 8.93. The number of unbranched alkanes of at least 4 members (excludes halogenated alkanes) is 1. The van der Waals surface area contributed by atoms with Gasteiger partial charge in [-0.05, 0) is 25.9 Å². The van der Waals surface area contributed by atoms with E-state index in [9.17, 15) is 9.59 Å². The fourth-order valence-electron chi connectivity index (χ4n) is 0.802. The highest BCUT2D eigenvalue weighted by molar-refractivity contribution is 5.67. The van der Waals surface area contributed by atoms with Crippen LogP contribution in [0.1, 0.15) is 39.5 Å². The van der Waals surface area contributed by atoms with Gasteiger partial charge in [-0.15, -0.1) is 0 Å². The Labute approximate surface area is 90.5 Å². The van der Waals surface area contributed by atoms with E-state index >= 15 is 0 Å². The zero-order valence-corrected chi connectivity index (χ0v) is 9.45. The first kappa shape index (κ1) is 16.3. The third-order valence-electron chi connectivity index (χ3n) is 1.53. The topological polar surface area (TPSA) is 86.6 Å². The Hall–Kier alpha value is -1.10. The van der Waals surface area contributed by atoms with E-state index in [0.717, 1.165) is 13.1 Å². The molecule has 0 saturated carbocycles. The summed E-state index contributed by atoms with van der Waals surface area (Å²) in [6.07, 6.45) is 1.02. The summed E-state index contributed by atoms with van der Waals surface area (Å²) in [5, 5.41) is 19.4. The van der Waals surface area contributed by atoms with Crippen LogP contribution in [0.2, 0.25) is 0 Å². The summed E-state index contributed by atoms with van der Waals surface area (Å²) in [7, 11) is 0.